The number of rotatable bonds is 2. The first kappa shape index (κ1) is 17.9. The molecule has 1 aromatic rings. The number of benzene rings is 1. The molecular weight excluding hydrogens is 338 g/mol. The lowest BCUT2D eigenvalue weighted by atomic mass is 9.42. The molecule has 0 aromatic heterocycles. The standard InChI is InChI=1S/C15H10F6N2O/c1-24-10-4-2-9(3-5-10)11-6-13(14(16,17)18,15(19,20)21)12(11,7-22)8-23/h2-5,11H,6H2,1H3. The Morgan fingerprint density at radius 1 is 1.00 bits per heavy atom. The molecular formula is C15H10F6N2O. The van der Waals surface area contributed by atoms with E-state index in [0.717, 1.165) is 12.1 Å². The fourth-order valence-corrected chi connectivity index (χ4v) is 3.20. The fourth-order valence-electron chi connectivity index (χ4n) is 3.20. The lowest BCUT2D eigenvalue weighted by Crippen LogP contribution is -2.69. The van der Waals surface area contributed by atoms with Crippen molar-refractivity contribution < 1.29 is 31.1 Å². The summed E-state index contributed by atoms with van der Waals surface area (Å²) in [6.45, 7) is 0. The molecule has 1 saturated carbocycles. The van der Waals surface area contributed by atoms with E-state index in [1.165, 1.54) is 31.4 Å². The first-order valence-electron chi connectivity index (χ1n) is 6.60. The number of methoxy groups -OCH3 is 1. The van der Waals surface area contributed by atoms with Crippen LogP contribution in [-0.4, -0.2) is 19.5 Å². The molecule has 1 aliphatic carbocycles. The topological polar surface area (TPSA) is 56.8 Å². The summed E-state index contributed by atoms with van der Waals surface area (Å²) in [4.78, 5) is 0. The van der Waals surface area contributed by atoms with E-state index in [4.69, 9.17) is 15.3 Å². The zero-order valence-electron chi connectivity index (χ0n) is 12.2. The van der Waals surface area contributed by atoms with Crippen LogP contribution in [-0.2, 0) is 0 Å². The van der Waals surface area contributed by atoms with Crippen molar-refractivity contribution in [2.75, 3.05) is 7.11 Å². The highest BCUT2D eigenvalue weighted by atomic mass is 19.4. The van der Waals surface area contributed by atoms with Gasteiger partial charge in [-0.3, -0.25) is 0 Å². The monoisotopic (exact) mass is 348 g/mol. The molecule has 24 heavy (non-hydrogen) atoms. The van der Waals surface area contributed by atoms with Gasteiger partial charge in [-0.05, 0) is 24.1 Å². The summed E-state index contributed by atoms with van der Waals surface area (Å²) >= 11 is 0. The summed E-state index contributed by atoms with van der Waals surface area (Å²) in [5.74, 6) is -1.17. The molecule has 3 nitrogen and oxygen atoms in total. The van der Waals surface area contributed by atoms with Crippen molar-refractivity contribution in [1.82, 2.24) is 0 Å². The average Bonchev–Trinajstić information content (AvgIpc) is 2.46. The van der Waals surface area contributed by atoms with Crippen molar-refractivity contribution in [1.29, 1.82) is 10.5 Å². The maximum absolute atomic E-state index is 13.3. The second-order valence-electron chi connectivity index (χ2n) is 5.46. The highest BCUT2D eigenvalue weighted by molar-refractivity contribution is 5.44. The van der Waals surface area contributed by atoms with Crippen LogP contribution in [0.4, 0.5) is 26.3 Å². The molecule has 0 bridgehead atoms. The van der Waals surface area contributed by atoms with Crippen molar-refractivity contribution in [2.45, 2.75) is 24.7 Å². The van der Waals surface area contributed by atoms with E-state index in [1.807, 2.05) is 0 Å². The van der Waals surface area contributed by atoms with Crippen LogP contribution in [0.25, 0.3) is 0 Å². The highest BCUT2D eigenvalue weighted by Crippen LogP contribution is 2.75. The molecule has 0 N–H and O–H groups in total. The smallest absolute Gasteiger partial charge is 0.405 e. The Labute approximate surface area is 133 Å². The SMILES string of the molecule is COc1ccc(C2CC(C(F)(F)F)(C(F)(F)F)C2(C#N)C#N)cc1. The molecule has 1 fully saturated rings. The molecule has 0 amide bonds. The third-order valence-corrected chi connectivity index (χ3v) is 4.54. The largest absolute Gasteiger partial charge is 0.497 e. The van der Waals surface area contributed by atoms with E-state index >= 15 is 0 Å². The van der Waals surface area contributed by atoms with Crippen molar-refractivity contribution >= 4 is 0 Å². The minimum absolute atomic E-state index is 0.0445. The van der Waals surface area contributed by atoms with E-state index < -0.39 is 35.5 Å². The van der Waals surface area contributed by atoms with Gasteiger partial charge in [0.15, 0.2) is 10.8 Å². The van der Waals surface area contributed by atoms with Crippen molar-refractivity contribution in [3.05, 3.63) is 29.8 Å². The van der Waals surface area contributed by atoms with E-state index in [9.17, 15) is 26.3 Å². The maximum Gasteiger partial charge on any atom is 0.405 e. The predicted octanol–water partition coefficient (Wildman–Crippen LogP) is 4.33. The Hall–Kier alpha value is -2.42. The van der Waals surface area contributed by atoms with Crippen molar-refractivity contribution in [3.8, 4) is 17.9 Å². The lowest BCUT2D eigenvalue weighted by molar-refractivity contribution is -0.397. The van der Waals surface area contributed by atoms with Gasteiger partial charge in [-0.25, -0.2) is 0 Å². The molecule has 2 rings (SSSR count). The van der Waals surface area contributed by atoms with Gasteiger partial charge in [-0.15, -0.1) is 0 Å². The van der Waals surface area contributed by atoms with Gasteiger partial charge in [-0.1, -0.05) is 12.1 Å². The quantitative estimate of drug-likeness (QED) is 0.748. The lowest BCUT2D eigenvalue weighted by Gasteiger charge is -2.57. The molecule has 0 radical (unpaired) electrons. The summed E-state index contributed by atoms with van der Waals surface area (Å²) in [7, 11) is 1.34. The average molecular weight is 348 g/mol. The zero-order chi connectivity index (χ0) is 18.4. The van der Waals surface area contributed by atoms with Crippen molar-refractivity contribution in [2.24, 2.45) is 10.8 Å². The van der Waals surface area contributed by atoms with Gasteiger partial charge < -0.3 is 4.74 Å². The van der Waals surface area contributed by atoms with Crippen LogP contribution in [0, 0.1) is 33.5 Å². The summed E-state index contributed by atoms with van der Waals surface area (Å²) in [5, 5.41) is 18.3. The Balaban J connectivity index is 2.61. The van der Waals surface area contributed by atoms with Crippen LogP contribution in [0.3, 0.4) is 0 Å². The number of hydrogen-bond acceptors (Lipinski definition) is 3. The first-order valence-corrected chi connectivity index (χ1v) is 6.60. The van der Waals surface area contributed by atoms with Crippen LogP contribution in [0.5, 0.6) is 5.75 Å². The molecule has 0 aliphatic heterocycles. The molecule has 1 aliphatic rings. The van der Waals surface area contributed by atoms with Gasteiger partial charge >= 0.3 is 12.4 Å². The van der Waals surface area contributed by atoms with Gasteiger partial charge in [0.25, 0.3) is 0 Å². The second-order valence-corrected chi connectivity index (χ2v) is 5.46. The van der Waals surface area contributed by atoms with Gasteiger partial charge in [0, 0.05) is 5.92 Å². The van der Waals surface area contributed by atoms with Gasteiger partial charge in [0.05, 0.1) is 19.2 Å². The molecule has 128 valence electrons. The van der Waals surface area contributed by atoms with Crippen LogP contribution >= 0.6 is 0 Å². The third-order valence-electron chi connectivity index (χ3n) is 4.54. The molecule has 0 heterocycles. The molecule has 0 spiro atoms. The Morgan fingerprint density at radius 2 is 1.46 bits per heavy atom. The Bertz CT molecular complexity index is 680. The number of hydrogen-bond donors (Lipinski definition) is 0. The Kier molecular flexibility index (Phi) is 3.96. The third kappa shape index (κ3) is 2.04. The van der Waals surface area contributed by atoms with E-state index in [0.29, 0.717) is 5.75 Å². The van der Waals surface area contributed by atoms with E-state index in [2.05, 4.69) is 0 Å². The van der Waals surface area contributed by atoms with Crippen LogP contribution in [0.1, 0.15) is 17.9 Å². The number of nitriles is 2. The molecule has 9 heteroatoms. The first-order chi connectivity index (χ1) is 11.0. The summed E-state index contributed by atoms with van der Waals surface area (Å²) in [6, 6.07) is 7.22. The number of alkyl halides is 6. The summed E-state index contributed by atoms with van der Waals surface area (Å²) in [6.07, 6.45) is -13.0. The summed E-state index contributed by atoms with van der Waals surface area (Å²) in [5.41, 5.74) is -7.61. The Morgan fingerprint density at radius 3 is 1.79 bits per heavy atom. The second kappa shape index (κ2) is 5.30. The van der Waals surface area contributed by atoms with Gasteiger partial charge in [0.1, 0.15) is 5.75 Å². The zero-order valence-corrected chi connectivity index (χ0v) is 12.2. The summed E-state index contributed by atoms with van der Waals surface area (Å²) < 4.78 is 84.6. The van der Waals surface area contributed by atoms with Crippen LogP contribution in [0.2, 0.25) is 0 Å². The van der Waals surface area contributed by atoms with Crippen LogP contribution in [0.15, 0.2) is 24.3 Å². The molecule has 1 unspecified atom stereocenters. The van der Waals surface area contributed by atoms with Crippen LogP contribution < -0.4 is 4.74 Å². The van der Waals surface area contributed by atoms with Gasteiger partial charge in [0.2, 0.25) is 0 Å². The van der Waals surface area contributed by atoms with Crippen molar-refractivity contribution in [3.63, 3.8) is 0 Å². The number of halogens is 6. The molecule has 1 aromatic carbocycles. The fraction of sp³-hybridized carbons (Fsp3) is 0.467. The maximum atomic E-state index is 13.3. The molecule has 1 atom stereocenters. The predicted molar refractivity (Wildman–Crippen MR) is 68.6 cm³/mol. The van der Waals surface area contributed by atoms with Gasteiger partial charge in [-0.2, -0.15) is 36.9 Å². The van der Waals surface area contributed by atoms with E-state index in [-0.39, 0.29) is 5.56 Å². The minimum Gasteiger partial charge on any atom is -0.497 e. The number of ether oxygens (including phenoxy) is 1. The minimum atomic E-state index is -5.78. The highest BCUT2D eigenvalue weighted by Gasteiger charge is 2.88. The number of nitrogens with zero attached hydrogens (tertiary/aromatic N) is 2. The molecule has 0 saturated heterocycles. The normalized spacial score (nSPS) is 22.0. The van der Waals surface area contributed by atoms with E-state index in [1.54, 1.807) is 0 Å².